The van der Waals surface area contributed by atoms with E-state index in [1.807, 2.05) is 0 Å². The van der Waals surface area contributed by atoms with E-state index in [2.05, 4.69) is 5.32 Å². The average molecular weight is 503 g/mol. The number of benzene rings is 3. The van der Waals surface area contributed by atoms with Gasteiger partial charge in [-0.1, -0.05) is 30.3 Å². The molecule has 0 aliphatic carbocycles. The molecule has 10 heteroatoms. The highest BCUT2D eigenvalue weighted by Crippen LogP contribution is 2.26. The summed E-state index contributed by atoms with van der Waals surface area (Å²) in [6.45, 7) is 1.28. The van der Waals surface area contributed by atoms with E-state index < -0.39 is 38.4 Å². The highest BCUT2D eigenvalue weighted by Gasteiger charge is 2.27. The second-order valence-electron chi connectivity index (χ2n) is 7.65. The Bertz CT molecular complexity index is 1340. The van der Waals surface area contributed by atoms with Crippen LogP contribution in [0.3, 0.4) is 0 Å². The van der Waals surface area contributed by atoms with Crippen LogP contribution in [0.5, 0.6) is 5.75 Å². The van der Waals surface area contributed by atoms with E-state index in [1.165, 1.54) is 31.4 Å². The molecule has 0 radical (unpaired) electrons. The first-order valence-corrected chi connectivity index (χ1v) is 13.7. The van der Waals surface area contributed by atoms with Crippen LogP contribution in [0, 0.1) is 0 Å². The number of hydrogen-bond donors (Lipinski definition) is 1. The number of carbonyl (C=O) groups is 1. The molecule has 0 heterocycles. The Kier molecular flexibility index (Phi) is 7.63. The number of methoxy groups -OCH3 is 1. The van der Waals surface area contributed by atoms with Gasteiger partial charge >= 0.3 is 0 Å². The number of rotatable bonds is 9. The molecular formula is C24H26N2O6S2. The van der Waals surface area contributed by atoms with Crippen LogP contribution in [0.2, 0.25) is 0 Å². The summed E-state index contributed by atoms with van der Waals surface area (Å²) < 4.78 is 56.2. The van der Waals surface area contributed by atoms with Crippen molar-refractivity contribution in [1.29, 1.82) is 0 Å². The van der Waals surface area contributed by atoms with Crippen LogP contribution >= 0.6 is 0 Å². The first-order chi connectivity index (χ1) is 16.0. The molecule has 3 aromatic carbocycles. The lowest BCUT2D eigenvalue weighted by atomic mass is 10.1. The van der Waals surface area contributed by atoms with Gasteiger partial charge < -0.3 is 10.1 Å². The molecule has 1 unspecified atom stereocenters. The molecule has 1 N–H and O–H groups in total. The topological polar surface area (TPSA) is 110 Å². The molecule has 0 bridgehead atoms. The van der Waals surface area contributed by atoms with Gasteiger partial charge in [-0.3, -0.25) is 9.10 Å². The number of anilines is 1. The van der Waals surface area contributed by atoms with Crippen LogP contribution < -0.4 is 14.4 Å². The first-order valence-electron chi connectivity index (χ1n) is 10.3. The van der Waals surface area contributed by atoms with Gasteiger partial charge in [0, 0.05) is 6.26 Å². The summed E-state index contributed by atoms with van der Waals surface area (Å²) >= 11 is 0. The van der Waals surface area contributed by atoms with Gasteiger partial charge in [-0.25, -0.2) is 16.8 Å². The van der Waals surface area contributed by atoms with Crippen LogP contribution in [0.25, 0.3) is 0 Å². The third-order valence-electron chi connectivity index (χ3n) is 5.16. The maximum Gasteiger partial charge on any atom is 0.264 e. The van der Waals surface area contributed by atoms with Gasteiger partial charge in [0.15, 0.2) is 9.84 Å². The van der Waals surface area contributed by atoms with Crippen molar-refractivity contribution in [3.05, 3.63) is 84.4 Å². The van der Waals surface area contributed by atoms with Crippen LogP contribution in [0.15, 0.2) is 88.7 Å². The van der Waals surface area contributed by atoms with E-state index in [4.69, 9.17) is 4.74 Å². The van der Waals surface area contributed by atoms with E-state index in [1.54, 1.807) is 61.5 Å². The summed E-state index contributed by atoms with van der Waals surface area (Å²) in [5.41, 5.74) is 0.993. The second-order valence-corrected chi connectivity index (χ2v) is 11.5. The van der Waals surface area contributed by atoms with Crippen molar-refractivity contribution in [2.45, 2.75) is 22.8 Å². The molecule has 8 nitrogen and oxygen atoms in total. The lowest BCUT2D eigenvalue weighted by Crippen LogP contribution is -2.41. The molecule has 3 rings (SSSR count). The summed E-state index contributed by atoms with van der Waals surface area (Å²) in [5.74, 6) is 0.0337. The Hall–Kier alpha value is -3.37. The van der Waals surface area contributed by atoms with Crippen molar-refractivity contribution in [1.82, 2.24) is 5.32 Å². The standard InChI is InChI=1S/C24H26N2O6S2/c1-18(19-9-15-22(16-10-19)33(3,28)29)25-24(27)17-26(20-11-13-21(32-2)14-12-20)34(30,31)23-7-5-4-6-8-23/h4-16,18H,17H2,1-3H3,(H,25,27). The lowest BCUT2D eigenvalue weighted by Gasteiger charge is -2.25. The number of hydrogen-bond acceptors (Lipinski definition) is 6. The highest BCUT2D eigenvalue weighted by molar-refractivity contribution is 7.93. The molecule has 0 saturated heterocycles. The van der Waals surface area contributed by atoms with Gasteiger partial charge in [-0.05, 0) is 61.0 Å². The Morgan fingerprint density at radius 2 is 1.47 bits per heavy atom. The van der Waals surface area contributed by atoms with Crippen molar-refractivity contribution in [2.24, 2.45) is 0 Å². The predicted molar refractivity (Wildman–Crippen MR) is 130 cm³/mol. The maximum atomic E-state index is 13.4. The summed E-state index contributed by atoms with van der Waals surface area (Å²) in [6.07, 6.45) is 1.12. The van der Waals surface area contributed by atoms with Crippen LogP contribution in [-0.2, 0) is 24.7 Å². The van der Waals surface area contributed by atoms with Crippen molar-refractivity contribution in [3.63, 3.8) is 0 Å². The molecule has 1 atom stereocenters. The summed E-state index contributed by atoms with van der Waals surface area (Å²) in [5, 5.41) is 2.78. The fourth-order valence-electron chi connectivity index (χ4n) is 3.29. The van der Waals surface area contributed by atoms with E-state index in [-0.39, 0.29) is 9.79 Å². The smallest absolute Gasteiger partial charge is 0.264 e. The molecule has 1 amide bonds. The quantitative estimate of drug-likeness (QED) is 0.481. The molecule has 0 aliphatic rings. The SMILES string of the molecule is COc1ccc(N(CC(=O)NC(C)c2ccc(S(C)(=O)=O)cc2)S(=O)(=O)c2ccccc2)cc1. The monoisotopic (exact) mass is 502 g/mol. The molecule has 0 aliphatic heterocycles. The second kappa shape index (κ2) is 10.3. The Balaban J connectivity index is 1.84. The van der Waals surface area contributed by atoms with E-state index in [0.29, 0.717) is 17.0 Å². The molecule has 34 heavy (non-hydrogen) atoms. The minimum Gasteiger partial charge on any atom is -0.497 e. The lowest BCUT2D eigenvalue weighted by molar-refractivity contribution is -0.120. The normalized spacial score (nSPS) is 12.6. The molecule has 3 aromatic rings. The number of ether oxygens (including phenoxy) is 1. The first kappa shape index (κ1) is 25.3. The molecule has 0 spiro atoms. The third-order valence-corrected chi connectivity index (χ3v) is 8.08. The number of amides is 1. The number of sulfone groups is 1. The number of nitrogens with zero attached hydrogens (tertiary/aromatic N) is 1. The Morgan fingerprint density at radius 3 is 2.00 bits per heavy atom. The summed E-state index contributed by atoms with van der Waals surface area (Å²) in [7, 11) is -5.85. The fraction of sp³-hybridized carbons (Fsp3) is 0.208. The van der Waals surface area contributed by atoms with Gasteiger partial charge in [0.25, 0.3) is 10.0 Å². The zero-order chi connectivity index (χ0) is 24.9. The van der Waals surface area contributed by atoms with Crippen molar-refractivity contribution >= 4 is 31.5 Å². The zero-order valence-corrected chi connectivity index (χ0v) is 20.6. The molecular weight excluding hydrogens is 476 g/mol. The molecule has 180 valence electrons. The number of sulfonamides is 1. The fourth-order valence-corrected chi connectivity index (χ4v) is 5.36. The van der Waals surface area contributed by atoms with Crippen molar-refractivity contribution in [2.75, 3.05) is 24.2 Å². The number of nitrogens with one attached hydrogen (secondary N) is 1. The van der Waals surface area contributed by atoms with Gasteiger partial charge in [0.05, 0.1) is 28.6 Å². The predicted octanol–water partition coefficient (Wildman–Crippen LogP) is 3.17. The Morgan fingerprint density at radius 1 is 0.882 bits per heavy atom. The van der Waals surface area contributed by atoms with E-state index >= 15 is 0 Å². The van der Waals surface area contributed by atoms with Crippen molar-refractivity contribution in [3.8, 4) is 5.75 Å². The van der Waals surface area contributed by atoms with E-state index in [0.717, 1.165) is 10.6 Å². The minimum atomic E-state index is -4.03. The third kappa shape index (κ3) is 5.95. The largest absolute Gasteiger partial charge is 0.497 e. The zero-order valence-electron chi connectivity index (χ0n) is 19.0. The summed E-state index contributed by atoms with van der Waals surface area (Å²) in [6, 6.07) is 19.9. The van der Waals surface area contributed by atoms with E-state index in [9.17, 15) is 21.6 Å². The van der Waals surface area contributed by atoms with Gasteiger partial charge in [0.2, 0.25) is 5.91 Å². The molecule has 0 fully saturated rings. The highest BCUT2D eigenvalue weighted by atomic mass is 32.2. The molecule has 0 aromatic heterocycles. The van der Waals surface area contributed by atoms with Gasteiger partial charge in [0.1, 0.15) is 12.3 Å². The number of carbonyl (C=O) groups excluding carboxylic acids is 1. The van der Waals surface area contributed by atoms with Crippen molar-refractivity contribution < 1.29 is 26.4 Å². The minimum absolute atomic E-state index is 0.0584. The van der Waals surface area contributed by atoms with Crippen LogP contribution in [0.1, 0.15) is 18.5 Å². The van der Waals surface area contributed by atoms with Crippen LogP contribution in [-0.4, -0.2) is 42.7 Å². The molecule has 0 saturated carbocycles. The Labute approximate surface area is 200 Å². The maximum absolute atomic E-state index is 13.4. The van der Waals surface area contributed by atoms with Gasteiger partial charge in [-0.2, -0.15) is 0 Å². The summed E-state index contributed by atoms with van der Waals surface area (Å²) in [4.78, 5) is 13.1. The average Bonchev–Trinajstić information content (AvgIpc) is 2.82. The van der Waals surface area contributed by atoms with Crippen LogP contribution in [0.4, 0.5) is 5.69 Å². The van der Waals surface area contributed by atoms with Gasteiger partial charge in [-0.15, -0.1) is 0 Å².